The third-order valence-electron chi connectivity index (χ3n) is 4.68. The summed E-state index contributed by atoms with van der Waals surface area (Å²) in [5.74, 6) is 0. The first kappa shape index (κ1) is 17.5. The van der Waals surface area contributed by atoms with Gasteiger partial charge in [0.05, 0.1) is 13.2 Å². The first-order chi connectivity index (χ1) is 10.5. The molecule has 0 bridgehead atoms. The summed E-state index contributed by atoms with van der Waals surface area (Å²) in [5.41, 5.74) is 0. The average molecular weight is 312 g/mol. The number of morpholine rings is 1. The first-order valence-electron chi connectivity index (χ1n) is 8.51. The van der Waals surface area contributed by atoms with E-state index in [4.69, 9.17) is 4.74 Å². The molecule has 2 atom stereocenters. The highest BCUT2D eigenvalue weighted by atomic mass is 16.5. The van der Waals surface area contributed by atoms with Crippen molar-refractivity contribution in [2.24, 2.45) is 0 Å². The Hall–Kier alpha value is -0.850. The van der Waals surface area contributed by atoms with Crippen molar-refractivity contribution < 1.29 is 9.53 Å². The molecule has 2 rings (SSSR count). The van der Waals surface area contributed by atoms with E-state index in [1.807, 2.05) is 9.80 Å². The lowest BCUT2D eigenvalue weighted by Crippen LogP contribution is -2.61. The lowest BCUT2D eigenvalue weighted by Gasteiger charge is -2.46. The molecule has 2 heterocycles. The Morgan fingerprint density at radius 1 is 1.09 bits per heavy atom. The van der Waals surface area contributed by atoms with Gasteiger partial charge in [-0.1, -0.05) is 0 Å². The zero-order valence-electron chi connectivity index (χ0n) is 14.6. The molecule has 0 aromatic rings. The van der Waals surface area contributed by atoms with Gasteiger partial charge in [0.1, 0.15) is 0 Å². The summed E-state index contributed by atoms with van der Waals surface area (Å²) in [4.78, 5) is 21.4. The minimum absolute atomic E-state index is 0.190. The zero-order valence-corrected chi connectivity index (χ0v) is 14.6. The van der Waals surface area contributed by atoms with Gasteiger partial charge in [0.15, 0.2) is 0 Å². The SMILES string of the molecule is CC1CN(C(=O)N2CCOCC2)CC(C)N1CCCN(C)C. The highest BCUT2D eigenvalue weighted by Crippen LogP contribution is 2.18. The maximum atomic E-state index is 12.6. The van der Waals surface area contributed by atoms with E-state index in [1.54, 1.807) is 0 Å². The van der Waals surface area contributed by atoms with Crippen molar-refractivity contribution >= 4 is 6.03 Å². The predicted molar refractivity (Wildman–Crippen MR) is 88.2 cm³/mol. The fourth-order valence-electron chi connectivity index (χ4n) is 3.48. The van der Waals surface area contributed by atoms with Gasteiger partial charge >= 0.3 is 6.03 Å². The number of hydrogen-bond donors (Lipinski definition) is 0. The van der Waals surface area contributed by atoms with Gasteiger partial charge in [0.25, 0.3) is 0 Å². The third kappa shape index (κ3) is 4.57. The van der Waals surface area contributed by atoms with Crippen LogP contribution < -0.4 is 0 Å². The lowest BCUT2D eigenvalue weighted by atomic mass is 10.1. The maximum absolute atomic E-state index is 12.6. The van der Waals surface area contributed by atoms with Crippen LogP contribution in [0.15, 0.2) is 0 Å². The Morgan fingerprint density at radius 3 is 2.23 bits per heavy atom. The summed E-state index contributed by atoms with van der Waals surface area (Å²) in [7, 11) is 4.23. The molecule has 0 N–H and O–H groups in total. The molecule has 0 aliphatic carbocycles. The predicted octanol–water partition coefficient (Wildman–Crippen LogP) is 0.785. The number of carbonyl (C=O) groups is 1. The molecule has 0 radical (unpaired) electrons. The van der Waals surface area contributed by atoms with E-state index in [2.05, 4.69) is 37.7 Å². The summed E-state index contributed by atoms with van der Waals surface area (Å²) < 4.78 is 5.34. The fourth-order valence-corrected chi connectivity index (χ4v) is 3.48. The van der Waals surface area contributed by atoms with Crippen molar-refractivity contribution in [1.82, 2.24) is 19.6 Å². The molecule has 128 valence electrons. The van der Waals surface area contributed by atoms with Gasteiger partial charge in [-0.3, -0.25) is 4.90 Å². The molecule has 2 fully saturated rings. The molecular formula is C16H32N4O2. The van der Waals surface area contributed by atoms with E-state index in [0.717, 1.165) is 39.3 Å². The Morgan fingerprint density at radius 2 is 1.68 bits per heavy atom. The van der Waals surface area contributed by atoms with Crippen molar-refractivity contribution in [3.05, 3.63) is 0 Å². The number of hydrogen-bond acceptors (Lipinski definition) is 4. The Balaban J connectivity index is 1.84. The number of amides is 2. The quantitative estimate of drug-likeness (QED) is 0.769. The van der Waals surface area contributed by atoms with E-state index in [0.29, 0.717) is 25.3 Å². The Bertz CT molecular complexity index is 346. The second-order valence-electron chi connectivity index (χ2n) is 6.88. The summed E-state index contributed by atoms with van der Waals surface area (Å²) in [6.07, 6.45) is 1.18. The van der Waals surface area contributed by atoms with Crippen LogP contribution in [0, 0.1) is 0 Å². The Labute approximate surface area is 135 Å². The van der Waals surface area contributed by atoms with Crippen LogP contribution in [-0.2, 0) is 4.74 Å². The molecule has 22 heavy (non-hydrogen) atoms. The molecule has 6 nitrogen and oxygen atoms in total. The number of rotatable bonds is 4. The van der Waals surface area contributed by atoms with Crippen LogP contribution >= 0.6 is 0 Å². The van der Waals surface area contributed by atoms with Gasteiger partial charge in [-0.05, 0) is 40.9 Å². The molecular weight excluding hydrogens is 280 g/mol. The fraction of sp³-hybridized carbons (Fsp3) is 0.938. The normalized spacial score (nSPS) is 27.5. The molecule has 2 amide bonds. The van der Waals surface area contributed by atoms with Crippen LogP contribution in [0.25, 0.3) is 0 Å². The molecule has 2 aliphatic heterocycles. The van der Waals surface area contributed by atoms with E-state index < -0.39 is 0 Å². The minimum atomic E-state index is 0.190. The van der Waals surface area contributed by atoms with Gasteiger partial charge < -0.3 is 19.4 Å². The van der Waals surface area contributed by atoms with Crippen molar-refractivity contribution in [2.75, 3.05) is 66.6 Å². The standard InChI is InChI=1S/C16H32N4O2/c1-14-12-19(16(21)18-8-10-22-11-9-18)13-15(2)20(14)7-5-6-17(3)4/h14-15H,5-13H2,1-4H3. The summed E-state index contributed by atoms with van der Waals surface area (Å²) >= 11 is 0. The number of carbonyl (C=O) groups excluding carboxylic acids is 1. The number of urea groups is 1. The highest BCUT2D eigenvalue weighted by molar-refractivity contribution is 5.74. The summed E-state index contributed by atoms with van der Waals surface area (Å²) in [6.45, 7) is 11.2. The molecule has 0 aromatic heterocycles. The van der Waals surface area contributed by atoms with Gasteiger partial charge in [0, 0.05) is 44.8 Å². The van der Waals surface area contributed by atoms with Crippen LogP contribution in [-0.4, -0.2) is 104 Å². The van der Waals surface area contributed by atoms with Gasteiger partial charge in [-0.2, -0.15) is 0 Å². The van der Waals surface area contributed by atoms with Crippen LogP contribution in [0.4, 0.5) is 4.79 Å². The van der Waals surface area contributed by atoms with Crippen molar-refractivity contribution in [1.29, 1.82) is 0 Å². The van der Waals surface area contributed by atoms with E-state index in [9.17, 15) is 4.79 Å². The molecule has 0 spiro atoms. The molecule has 2 aliphatic rings. The van der Waals surface area contributed by atoms with Crippen LogP contribution in [0.5, 0.6) is 0 Å². The average Bonchev–Trinajstić information content (AvgIpc) is 2.49. The van der Waals surface area contributed by atoms with Crippen molar-refractivity contribution in [2.45, 2.75) is 32.4 Å². The van der Waals surface area contributed by atoms with Crippen LogP contribution in [0.2, 0.25) is 0 Å². The van der Waals surface area contributed by atoms with Crippen LogP contribution in [0.1, 0.15) is 20.3 Å². The Kier molecular flexibility index (Phi) is 6.47. The number of ether oxygens (including phenoxy) is 1. The van der Waals surface area contributed by atoms with E-state index >= 15 is 0 Å². The third-order valence-corrected chi connectivity index (χ3v) is 4.68. The van der Waals surface area contributed by atoms with Gasteiger partial charge in [-0.15, -0.1) is 0 Å². The second kappa shape index (κ2) is 8.13. The monoisotopic (exact) mass is 312 g/mol. The van der Waals surface area contributed by atoms with E-state index in [1.165, 1.54) is 6.42 Å². The summed E-state index contributed by atoms with van der Waals surface area (Å²) in [5, 5.41) is 0. The van der Waals surface area contributed by atoms with E-state index in [-0.39, 0.29) is 6.03 Å². The van der Waals surface area contributed by atoms with Gasteiger partial charge in [0.2, 0.25) is 0 Å². The van der Waals surface area contributed by atoms with Gasteiger partial charge in [-0.25, -0.2) is 4.79 Å². The summed E-state index contributed by atoms with van der Waals surface area (Å²) in [6, 6.07) is 1.04. The number of piperazine rings is 1. The number of nitrogens with zero attached hydrogens (tertiary/aromatic N) is 4. The van der Waals surface area contributed by atoms with Crippen LogP contribution in [0.3, 0.4) is 0 Å². The molecule has 6 heteroatoms. The zero-order chi connectivity index (χ0) is 16.1. The molecule has 0 aromatic carbocycles. The molecule has 2 saturated heterocycles. The minimum Gasteiger partial charge on any atom is -0.378 e. The van der Waals surface area contributed by atoms with Crippen molar-refractivity contribution in [3.63, 3.8) is 0 Å². The molecule has 2 unspecified atom stereocenters. The maximum Gasteiger partial charge on any atom is 0.320 e. The lowest BCUT2D eigenvalue weighted by molar-refractivity contribution is 0.0181. The largest absolute Gasteiger partial charge is 0.378 e. The smallest absolute Gasteiger partial charge is 0.320 e. The first-order valence-corrected chi connectivity index (χ1v) is 8.51. The molecule has 0 saturated carbocycles. The highest BCUT2D eigenvalue weighted by Gasteiger charge is 2.33. The van der Waals surface area contributed by atoms with Crippen molar-refractivity contribution in [3.8, 4) is 0 Å². The second-order valence-corrected chi connectivity index (χ2v) is 6.88. The topological polar surface area (TPSA) is 39.3 Å².